The molecule has 0 aliphatic rings. The minimum atomic E-state index is -0.447. The molecule has 5 heteroatoms. The third-order valence-electron chi connectivity index (χ3n) is 3.17. The quantitative estimate of drug-likeness (QED) is 0.464. The molecule has 0 unspecified atom stereocenters. The number of nitrogens with zero attached hydrogens (tertiary/aromatic N) is 1. The molecule has 0 spiro atoms. The molecule has 0 heterocycles. The van der Waals surface area contributed by atoms with Crippen LogP contribution in [-0.4, -0.2) is 4.92 Å². The van der Waals surface area contributed by atoms with Crippen molar-refractivity contribution >= 4 is 17.3 Å². The van der Waals surface area contributed by atoms with Crippen LogP contribution in [0.2, 0.25) is 0 Å². The lowest BCUT2D eigenvalue weighted by atomic mass is 10.1. The van der Waals surface area contributed by atoms with Crippen LogP contribution in [0.15, 0.2) is 36.4 Å². The van der Waals surface area contributed by atoms with Crippen molar-refractivity contribution in [1.82, 2.24) is 0 Å². The SMILES string of the molecule is Cc1cccc(Oc2ccc([N+](=O)[O-])cc2CCl)c1C. The minimum Gasteiger partial charge on any atom is -0.457 e. The van der Waals surface area contributed by atoms with Crippen LogP contribution >= 0.6 is 11.6 Å². The zero-order valence-electron chi connectivity index (χ0n) is 11.2. The number of nitro groups is 1. The van der Waals surface area contributed by atoms with Crippen LogP contribution in [0.3, 0.4) is 0 Å². The average molecular weight is 292 g/mol. The molecule has 0 aliphatic carbocycles. The fourth-order valence-electron chi connectivity index (χ4n) is 1.84. The molecule has 4 nitrogen and oxygen atoms in total. The van der Waals surface area contributed by atoms with E-state index < -0.39 is 4.92 Å². The van der Waals surface area contributed by atoms with E-state index in [4.69, 9.17) is 16.3 Å². The van der Waals surface area contributed by atoms with Crippen molar-refractivity contribution in [2.75, 3.05) is 0 Å². The summed E-state index contributed by atoms with van der Waals surface area (Å²) < 4.78 is 5.84. The Kier molecular flexibility index (Phi) is 4.25. The number of benzene rings is 2. The van der Waals surface area contributed by atoms with E-state index in [0.717, 1.165) is 16.9 Å². The molecule has 2 rings (SSSR count). The molecule has 0 aliphatic heterocycles. The Morgan fingerprint density at radius 3 is 2.60 bits per heavy atom. The Hall–Kier alpha value is -2.07. The first kappa shape index (κ1) is 14.3. The first-order chi connectivity index (χ1) is 9.52. The van der Waals surface area contributed by atoms with Crippen LogP contribution in [0.5, 0.6) is 11.5 Å². The molecule has 0 N–H and O–H groups in total. The number of nitro benzene ring substituents is 1. The van der Waals surface area contributed by atoms with Crippen molar-refractivity contribution < 1.29 is 9.66 Å². The van der Waals surface area contributed by atoms with E-state index in [1.165, 1.54) is 12.1 Å². The zero-order chi connectivity index (χ0) is 14.7. The molecule has 20 heavy (non-hydrogen) atoms. The van der Waals surface area contributed by atoms with Gasteiger partial charge in [-0.25, -0.2) is 0 Å². The lowest BCUT2D eigenvalue weighted by Crippen LogP contribution is -1.95. The Labute approximate surface area is 122 Å². The van der Waals surface area contributed by atoms with Crippen LogP contribution in [0.25, 0.3) is 0 Å². The number of halogens is 1. The molecule has 104 valence electrons. The summed E-state index contributed by atoms with van der Waals surface area (Å²) in [7, 11) is 0. The van der Waals surface area contributed by atoms with Gasteiger partial charge in [0.15, 0.2) is 0 Å². The second-order valence-corrected chi connectivity index (χ2v) is 4.75. The van der Waals surface area contributed by atoms with Crippen molar-refractivity contribution in [2.45, 2.75) is 19.7 Å². The standard InChI is InChI=1S/C15H14ClNO3/c1-10-4-3-5-14(11(10)2)20-15-7-6-13(17(18)19)8-12(15)9-16/h3-8H,9H2,1-2H3. The number of non-ortho nitro benzene ring substituents is 1. The highest BCUT2D eigenvalue weighted by Gasteiger charge is 2.12. The maximum Gasteiger partial charge on any atom is 0.270 e. The molecule has 0 bridgehead atoms. The third-order valence-corrected chi connectivity index (χ3v) is 3.46. The fraction of sp³-hybridized carbons (Fsp3) is 0.200. The van der Waals surface area contributed by atoms with E-state index in [0.29, 0.717) is 11.3 Å². The predicted octanol–water partition coefficient (Wildman–Crippen LogP) is 4.74. The van der Waals surface area contributed by atoms with E-state index in [1.807, 2.05) is 32.0 Å². The average Bonchev–Trinajstić information content (AvgIpc) is 2.44. The molecule has 0 fully saturated rings. The Bertz CT molecular complexity index is 656. The first-order valence-electron chi connectivity index (χ1n) is 6.10. The first-order valence-corrected chi connectivity index (χ1v) is 6.63. The maximum atomic E-state index is 10.8. The second-order valence-electron chi connectivity index (χ2n) is 4.48. The van der Waals surface area contributed by atoms with E-state index in [1.54, 1.807) is 6.07 Å². The molecule has 0 amide bonds. The molecule has 0 saturated carbocycles. The molecule has 0 atom stereocenters. The number of aryl methyl sites for hydroxylation is 1. The zero-order valence-corrected chi connectivity index (χ0v) is 12.0. The minimum absolute atomic E-state index is 0.00830. The van der Waals surface area contributed by atoms with Crippen LogP contribution < -0.4 is 4.74 Å². The smallest absolute Gasteiger partial charge is 0.270 e. The lowest BCUT2D eigenvalue weighted by Gasteiger charge is -2.12. The highest BCUT2D eigenvalue weighted by molar-refractivity contribution is 6.17. The lowest BCUT2D eigenvalue weighted by molar-refractivity contribution is -0.384. The summed E-state index contributed by atoms with van der Waals surface area (Å²) in [6.45, 7) is 3.97. The Balaban J connectivity index is 2.38. The van der Waals surface area contributed by atoms with Gasteiger partial charge in [-0.15, -0.1) is 11.6 Å². The summed E-state index contributed by atoms with van der Waals surface area (Å²) >= 11 is 5.84. The molecule has 2 aromatic carbocycles. The summed E-state index contributed by atoms with van der Waals surface area (Å²) in [4.78, 5) is 10.3. The van der Waals surface area contributed by atoms with Gasteiger partial charge in [0, 0.05) is 17.7 Å². The van der Waals surface area contributed by atoms with E-state index >= 15 is 0 Å². The Morgan fingerprint density at radius 2 is 1.95 bits per heavy atom. The van der Waals surface area contributed by atoms with Gasteiger partial charge in [-0.1, -0.05) is 12.1 Å². The number of hydrogen-bond acceptors (Lipinski definition) is 3. The molecule has 0 radical (unpaired) electrons. The van der Waals surface area contributed by atoms with E-state index in [-0.39, 0.29) is 11.6 Å². The highest BCUT2D eigenvalue weighted by atomic mass is 35.5. The van der Waals surface area contributed by atoms with Gasteiger partial charge in [0.05, 0.1) is 10.8 Å². The topological polar surface area (TPSA) is 52.4 Å². The number of alkyl halides is 1. The molecule has 0 aromatic heterocycles. The van der Waals surface area contributed by atoms with Crippen LogP contribution in [0.4, 0.5) is 5.69 Å². The van der Waals surface area contributed by atoms with Gasteiger partial charge in [0.2, 0.25) is 0 Å². The molecular weight excluding hydrogens is 278 g/mol. The Morgan fingerprint density at radius 1 is 1.20 bits per heavy atom. The summed E-state index contributed by atoms with van der Waals surface area (Å²) in [5, 5.41) is 10.8. The molecule has 0 saturated heterocycles. The van der Waals surface area contributed by atoms with Crippen molar-refractivity contribution in [3.05, 3.63) is 63.2 Å². The maximum absolute atomic E-state index is 10.8. The van der Waals surface area contributed by atoms with Gasteiger partial charge < -0.3 is 4.74 Å². The number of rotatable bonds is 4. The second kappa shape index (κ2) is 5.92. The van der Waals surface area contributed by atoms with Crippen molar-refractivity contribution in [1.29, 1.82) is 0 Å². The van der Waals surface area contributed by atoms with Crippen molar-refractivity contribution in [2.24, 2.45) is 0 Å². The predicted molar refractivity (Wildman–Crippen MR) is 78.6 cm³/mol. The van der Waals surface area contributed by atoms with Gasteiger partial charge >= 0.3 is 0 Å². The van der Waals surface area contributed by atoms with Gasteiger partial charge in [-0.2, -0.15) is 0 Å². The molecule has 2 aromatic rings. The van der Waals surface area contributed by atoms with E-state index in [9.17, 15) is 10.1 Å². The summed E-state index contributed by atoms with van der Waals surface area (Å²) in [6, 6.07) is 10.2. The van der Waals surface area contributed by atoms with Crippen LogP contribution in [0.1, 0.15) is 16.7 Å². The number of hydrogen-bond donors (Lipinski definition) is 0. The van der Waals surface area contributed by atoms with E-state index in [2.05, 4.69) is 0 Å². The van der Waals surface area contributed by atoms with Crippen LogP contribution in [0, 0.1) is 24.0 Å². The fourth-order valence-corrected chi connectivity index (χ4v) is 2.05. The third kappa shape index (κ3) is 2.91. The van der Waals surface area contributed by atoms with Gasteiger partial charge in [-0.3, -0.25) is 10.1 Å². The largest absolute Gasteiger partial charge is 0.457 e. The van der Waals surface area contributed by atoms with Crippen molar-refractivity contribution in [3.8, 4) is 11.5 Å². The molecular formula is C15H14ClNO3. The van der Waals surface area contributed by atoms with Crippen LogP contribution in [-0.2, 0) is 5.88 Å². The summed E-state index contributed by atoms with van der Waals surface area (Å²) in [5.74, 6) is 1.42. The number of ether oxygens (including phenoxy) is 1. The normalized spacial score (nSPS) is 10.3. The van der Waals surface area contributed by atoms with Gasteiger partial charge in [-0.05, 0) is 37.1 Å². The van der Waals surface area contributed by atoms with Crippen molar-refractivity contribution in [3.63, 3.8) is 0 Å². The monoisotopic (exact) mass is 291 g/mol. The summed E-state index contributed by atoms with van der Waals surface area (Å²) in [6.07, 6.45) is 0. The van der Waals surface area contributed by atoms with Gasteiger partial charge in [0.25, 0.3) is 5.69 Å². The highest BCUT2D eigenvalue weighted by Crippen LogP contribution is 2.32. The van der Waals surface area contributed by atoms with Gasteiger partial charge in [0.1, 0.15) is 11.5 Å². The summed E-state index contributed by atoms with van der Waals surface area (Å²) in [5.41, 5.74) is 2.76.